The Morgan fingerprint density at radius 2 is 1.88 bits per heavy atom. The topological polar surface area (TPSA) is 62.1 Å². The molecule has 0 unspecified atom stereocenters. The van der Waals surface area contributed by atoms with Gasteiger partial charge in [-0.2, -0.15) is 18.4 Å². The van der Waals surface area contributed by atoms with Gasteiger partial charge in [0.15, 0.2) is 0 Å². The Hall–Kier alpha value is -3.57. The second-order valence-corrected chi connectivity index (χ2v) is 8.08. The molecular weight excluding hydrogens is 497 g/mol. The predicted octanol–water partition coefficient (Wildman–Crippen LogP) is 6.90. The molecule has 0 aromatic heterocycles. The lowest BCUT2D eigenvalue weighted by molar-refractivity contribution is -0.137. The van der Waals surface area contributed by atoms with E-state index in [1.54, 1.807) is 24.3 Å². The lowest BCUT2D eigenvalue weighted by Gasteiger charge is -2.12. The fraction of sp³-hybridized carbons (Fsp3) is 0.120. The molecule has 3 rings (SSSR count). The van der Waals surface area contributed by atoms with E-state index in [1.165, 1.54) is 18.2 Å². The van der Waals surface area contributed by atoms with E-state index >= 15 is 0 Å². The molecule has 0 fully saturated rings. The van der Waals surface area contributed by atoms with E-state index < -0.39 is 17.6 Å². The monoisotopic (exact) mass is 514 g/mol. The average molecular weight is 515 g/mol. The van der Waals surface area contributed by atoms with Gasteiger partial charge in [-0.1, -0.05) is 51.8 Å². The van der Waals surface area contributed by atoms with E-state index in [2.05, 4.69) is 21.2 Å². The van der Waals surface area contributed by atoms with Crippen LogP contribution in [0.3, 0.4) is 0 Å². The van der Waals surface area contributed by atoms with E-state index in [9.17, 15) is 23.2 Å². The summed E-state index contributed by atoms with van der Waals surface area (Å²) in [5, 5.41) is 11.8. The number of nitrogens with one attached hydrogen (secondary N) is 1. The third-order valence-corrected chi connectivity index (χ3v) is 5.05. The summed E-state index contributed by atoms with van der Waals surface area (Å²) in [6, 6.07) is 18.9. The molecule has 8 heteroatoms. The van der Waals surface area contributed by atoms with Gasteiger partial charge in [-0.05, 0) is 55.0 Å². The molecule has 0 bridgehead atoms. The third-order valence-electron chi connectivity index (χ3n) is 4.56. The van der Waals surface area contributed by atoms with Gasteiger partial charge in [0.05, 0.1) is 5.56 Å². The zero-order valence-electron chi connectivity index (χ0n) is 17.4. The number of carbonyl (C=O) groups is 1. The number of aryl methyl sites for hydroxylation is 1. The summed E-state index contributed by atoms with van der Waals surface area (Å²) in [4.78, 5) is 12.6. The van der Waals surface area contributed by atoms with Gasteiger partial charge in [-0.25, -0.2) is 0 Å². The first-order valence-electron chi connectivity index (χ1n) is 9.74. The summed E-state index contributed by atoms with van der Waals surface area (Å²) in [6.07, 6.45) is -3.21. The van der Waals surface area contributed by atoms with E-state index in [4.69, 9.17) is 4.74 Å². The molecule has 0 saturated carbocycles. The van der Waals surface area contributed by atoms with Gasteiger partial charge in [0.1, 0.15) is 24.0 Å². The van der Waals surface area contributed by atoms with Gasteiger partial charge >= 0.3 is 6.18 Å². The minimum Gasteiger partial charge on any atom is -0.488 e. The van der Waals surface area contributed by atoms with Crippen molar-refractivity contribution < 1.29 is 22.7 Å². The minimum atomic E-state index is -4.55. The van der Waals surface area contributed by atoms with E-state index in [0.29, 0.717) is 15.8 Å². The van der Waals surface area contributed by atoms with Crippen LogP contribution in [0, 0.1) is 18.3 Å². The van der Waals surface area contributed by atoms with Crippen molar-refractivity contribution in [2.75, 3.05) is 5.32 Å². The summed E-state index contributed by atoms with van der Waals surface area (Å²) in [7, 11) is 0. The maximum Gasteiger partial charge on any atom is 0.416 e. The fourth-order valence-corrected chi connectivity index (χ4v) is 3.38. The molecule has 4 nitrogen and oxygen atoms in total. The van der Waals surface area contributed by atoms with Crippen molar-refractivity contribution >= 4 is 33.6 Å². The van der Waals surface area contributed by atoms with Crippen molar-refractivity contribution in [2.24, 2.45) is 0 Å². The molecule has 0 aliphatic heterocycles. The fourth-order valence-electron chi connectivity index (χ4n) is 3.00. The number of rotatable bonds is 6. The van der Waals surface area contributed by atoms with Crippen LogP contribution in [-0.4, -0.2) is 5.91 Å². The van der Waals surface area contributed by atoms with Gasteiger partial charge in [-0.15, -0.1) is 0 Å². The number of carbonyl (C=O) groups excluding carboxylic acids is 1. The van der Waals surface area contributed by atoms with Crippen molar-refractivity contribution in [1.82, 2.24) is 0 Å². The van der Waals surface area contributed by atoms with Crippen molar-refractivity contribution in [3.8, 4) is 11.8 Å². The van der Waals surface area contributed by atoms with Crippen LogP contribution in [0.1, 0.15) is 22.3 Å². The Bertz CT molecular complexity index is 1250. The second kappa shape index (κ2) is 10.4. The molecule has 1 N–H and O–H groups in total. The largest absolute Gasteiger partial charge is 0.488 e. The van der Waals surface area contributed by atoms with Crippen molar-refractivity contribution in [3.05, 3.63) is 99.0 Å². The lowest BCUT2D eigenvalue weighted by Crippen LogP contribution is -2.14. The number of hydrogen-bond acceptors (Lipinski definition) is 3. The Kier molecular flexibility index (Phi) is 7.56. The van der Waals surface area contributed by atoms with E-state index in [0.717, 1.165) is 23.3 Å². The second-order valence-electron chi connectivity index (χ2n) is 7.16. The molecule has 0 spiro atoms. The number of benzene rings is 3. The highest BCUT2D eigenvalue weighted by Gasteiger charge is 2.30. The van der Waals surface area contributed by atoms with E-state index in [1.807, 2.05) is 31.2 Å². The van der Waals surface area contributed by atoms with Crippen LogP contribution < -0.4 is 10.1 Å². The van der Waals surface area contributed by atoms with Crippen molar-refractivity contribution in [2.45, 2.75) is 19.7 Å². The van der Waals surface area contributed by atoms with Gasteiger partial charge in [0, 0.05) is 15.7 Å². The summed E-state index contributed by atoms with van der Waals surface area (Å²) >= 11 is 3.36. The van der Waals surface area contributed by atoms with Crippen LogP contribution in [-0.2, 0) is 17.6 Å². The number of amides is 1. The van der Waals surface area contributed by atoms with Gasteiger partial charge in [-0.3, -0.25) is 4.79 Å². The molecule has 0 heterocycles. The first kappa shape index (κ1) is 24.1. The molecule has 3 aromatic carbocycles. The molecule has 0 aliphatic rings. The minimum absolute atomic E-state index is 0.0684. The quantitative estimate of drug-likeness (QED) is 0.287. The molecule has 0 atom stereocenters. The van der Waals surface area contributed by atoms with Crippen molar-refractivity contribution in [3.63, 3.8) is 0 Å². The van der Waals surface area contributed by atoms with Crippen LogP contribution in [0.5, 0.6) is 5.75 Å². The third kappa shape index (κ3) is 6.70. The number of alkyl halides is 3. The smallest absolute Gasteiger partial charge is 0.416 e. The Balaban J connectivity index is 1.83. The van der Waals surface area contributed by atoms with Crippen LogP contribution in [0.25, 0.3) is 6.08 Å². The zero-order valence-corrected chi connectivity index (χ0v) is 19.0. The first-order chi connectivity index (χ1) is 15.7. The molecule has 0 aliphatic carbocycles. The molecular formula is C25H18BrF3N2O2. The van der Waals surface area contributed by atoms with Crippen LogP contribution in [0.2, 0.25) is 0 Å². The summed E-state index contributed by atoms with van der Waals surface area (Å²) in [5.41, 5.74) is 1.25. The Morgan fingerprint density at radius 3 is 2.58 bits per heavy atom. The maximum absolute atomic E-state index is 12.9. The summed E-state index contributed by atoms with van der Waals surface area (Å²) in [6.45, 7) is 2.25. The number of nitrogens with zero attached hydrogens (tertiary/aromatic N) is 1. The predicted molar refractivity (Wildman–Crippen MR) is 123 cm³/mol. The number of halogens is 4. The highest BCUT2D eigenvalue weighted by molar-refractivity contribution is 9.10. The van der Waals surface area contributed by atoms with Gasteiger partial charge in [0.25, 0.3) is 5.91 Å². The number of hydrogen-bond donors (Lipinski definition) is 1. The maximum atomic E-state index is 12.9. The standard InChI is InChI=1S/C25H18BrF3N2O2/c1-16-4-2-5-17(10-16)15-33-23-9-8-21(26)12-18(23)11-19(14-30)24(32)31-22-7-3-6-20(13-22)25(27,28)29/h2-13H,15H2,1H3,(H,31,32)/b19-11+. The lowest BCUT2D eigenvalue weighted by atomic mass is 10.1. The van der Waals surface area contributed by atoms with Crippen LogP contribution in [0.4, 0.5) is 18.9 Å². The van der Waals surface area contributed by atoms with E-state index in [-0.39, 0.29) is 17.9 Å². The molecule has 3 aromatic rings. The Labute approximate surface area is 197 Å². The number of nitriles is 1. The van der Waals surface area contributed by atoms with Gasteiger partial charge in [0.2, 0.25) is 0 Å². The van der Waals surface area contributed by atoms with Gasteiger partial charge < -0.3 is 10.1 Å². The summed E-state index contributed by atoms with van der Waals surface area (Å²) < 4.78 is 45.4. The van der Waals surface area contributed by atoms with Crippen LogP contribution >= 0.6 is 15.9 Å². The molecule has 33 heavy (non-hydrogen) atoms. The highest BCUT2D eigenvalue weighted by Crippen LogP contribution is 2.31. The summed E-state index contributed by atoms with van der Waals surface area (Å²) in [5.74, 6) is -0.388. The first-order valence-corrected chi connectivity index (χ1v) is 10.5. The SMILES string of the molecule is Cc1cccc(COc2ccc(Br)cc2/C=C(\C#N)C(=O)Nc2cccc(C(F)(F)F)c2)c1. The molecule has 0 radical (unpaired) electrons. The molecule has 0 saturated heterocycles. The van der Waals surface area contributed by atoms with Crippen LogP contribution in [0.15, 0.2) is 76.8 Å². The average Bonchev–Trinajstić information content (AvgIpc) is 2.76. The zero-order chi connectivity index (χ0) is 24.0. The Morgan fingerprint density at radius 1 is 1.12 bits per heavy atom. The number of anilines is 1. The normalized spacial score (nSPS) is 11.6. The molecule has 1 amide bonds. The number of ether oxygens (including phenoxy) is 1. The van der Waals surface area contributed by atoms with Crippen molar-refractivity contribution in [1.29, 1.82) is 5.26 Å². The molecule has 168 valence electrons. The highest BCUT2D eigenvalue weighted by atomic mass is 79.9.